The first-order chi connectivity index (χ1) is 11.1. The van der Waals surface area contributed by atoms with Gasteiger partial charge < -0.3 is 10.2 Å². The van der Waals surface area contributed by atoms with Gasteiger partial charge in [-0.1, -0.05) is 24.3 Å². The molecule has 0 radical (unpaired) electrons. The fourth-order valence-electron chi connectivity index (χ4n) is 3.14. The van der Waals surface area contributed by atoms with Crippen LogP contribution in [0, 0.1) is 19.7 Å². The first kappa shape index (κ1) is 15.5. The Morgan fingerprint density at radius 3 is 2.78 bits per heavy atom. The molecule has 2 amide bonds. The number of benzene rings is 2. The van der Waals surface area contributed by atoms with Gasteiger partial charge in [-0.3, -0.25) is 0 Å². The van der Waals surface area contributed by atoms with E-state index in [1.165, 1.54) is 12.1 Å². The summed E-state index contributed by atoms with van der Waals surface area (Å²) in [5, 5.41) is 3.00. The molecule has 1 fully saturated rings. The van der Waals surface area contributed by atoms with E-state index in [1.807, 2.05) is 38.1 Å². The number of anilines is 1. The van der Waals surface area contributed by atoms with Crippen LogP contribution in [0.1, 0.15) is 35.6 Å². The molecule has 1 aliphatic rings. The summed E-state index contributed by atoms with van der Waals surface area (Å²) < 4.78 is 13.5. The maximum absolute atomic E-state index is 13.5. The number of carbonyl (C=O) groups excluding carboxylic acids is 1. The molecule has 2 aromatic carbocycles. The van der Waals surface area contributed by atoms with Crippen molar-refractivity contribution in [2.45, 2.75) is 32.7 Å². The molecule has 0 saturated carbocycles. The monoisotopic (exact) mass is 312 g/mol. The molecule has 0 spiro atoms. The fraction of sp³-hybridized carbons (Fsp3) is 0.316. The summed E-state index contributed by atoms with van der Waals surface area (Å²) in [7, 11) is 0. The number of hydrogen-bond donors (Lipinski definition) is 1. The zero-order chi connectivity index (χ0) is 16.4. The number of nitrogens with zero attached hydrogens (tertiary/aromatic N) is 1. The maximum Gasteiger partial charge on any atom is 0.322 e. The Balaban J connectivity index is 1.80. The smallest absolute Gasteiger partial charge is 0.317 e. The van der Waals surface area contributed by atoms with Gasteiger partial charge in [-0.25, -0.2) is 9.18 Å². The van der Waals surface area contributed by atoms with Crippen molar-refractivity contribution >= 4 is 11.7 Å². The minimum atomic E-state index is -0.260. The first-order valence-electron chi connectivity index (χ1n) is 7.95. The first-order valence-corrected chi connectivity index (χ1v) is 7.95. The second-order valence-corrected chi connectivity index (χ2v) is 6.08. The summed E-state index contributed by atoms with van der Waals surface area (Å²) in [4.78, 5) is 14.5. The van der Waals surface area contributed by atoms with Crippen molar-refractivity contribution in [2.75, 3.05) is 11.9 Å². The van der Waals surface area contributed by atoms with Crippen molar-refractivity contribution in [1.29, 1.82) is 0 Å². The molecule has 0 aromatic heterocycles. The summed E-state index contributed by atoms with van der Waals surface area (Å²) in [6, 6.07) is 12.2. The van der Waals surface area contributed by atoms with Crippen molar-refractivity contribution in [3.63, 3.8) is 0 Å². The van der Waals surface area contributed by atoms with Crippen LogP contribution in [0.4, 0.5) is 14.9 Å². The second kappa shape index (κ2) is 6.41. The van der Waals surface area contributed by atoms with Crippen LogP contribution in [0.25, 0.3) is 0 Å². The average molecular weight is 312 g/mol. The molecular weight excluding hydrogens is 291 g/mol. The number of likely N-dealkylation sites (tertiary alicyclic amines) is 1. The van der Waals surface area contributed by atoms with Crippen LogP contribution < -0.4 is 5.32 Å². The minimum absolute atomic E-state index is 0.0594. The van der Waals surface area contributed by atoms with Gasteiger partial charge in [0.25, 0.3) is 0 Å². The van der Waals surface area contributed by atoms with Gasteiger partial charge in [0.15, 0.2) is 0 Å². The number of nitrogens with one attached hydrogen (secondary N) is 1. The Kier molecular flexibility index (Phi) is 4.33. The lowest BCUT2D eigenvalue weighted by Crippen LogP contribution is -2.34. The van der Waals surface area contributed by atoms with Gasteiger partial charge >= 0.3 is 6.03 Å². The number of hydrogen-bond acceptors (Lipinski definition) is 1. The number of halogens is 1. The van der Waals surface area contributed by atoms with Gasteiger partial charge in [-0.05, 0) is 61.6 Å². The van der Waals surface area contributed by atoms with Gasteiger partial charge in [0.1, 0.15) is 5.82 Å². The lowest BCUT2D eigenvalue weighted by atomic mass is 10.0. The fourth-order valence-corrected chi connectivity index (χ4v) is 3.14. The van der Waals surface area contributed by atoms with Gasteiger partial charge in [-0.2, -0.15) is 0 Å². The molecule has 23 heavy (non-hydrogen) atoms. The third-order valence-electron chi connectivity index (χ3n) is 4.59. The highest BCUT2D eigenvalue weighted by atomic mass is 19.1. The SMILES string of the molecule is Cc1cccc(NC(=O)N2CCCC2c2cccc(F)c2)c1C. The van der Waals surface area contributed by atoms with E-state index in [4.69, 9.17) is 0 Å². The van der Waals surface area contributed by atoms with E-state index < -0.39 is 0 Å². The molecule has 0 bridgehead atoms. The molecule has 0 aliphatic carbocycles. The van der Waals surface area contributed by atoms with Crippen molar-refractivity contribution < 1.29 is 9.18 Å². The summed E-state index contributed by atoms with van der Waals surface area (Å²) in [6.45, 7) is 4.72. The van der Waals surface area contributed by atoms with Gasteiger partial charge in [-0.15, -0.1) is 0 Å². The molecule has 3 rings (SSSR count). The molecule has 1 N–H and O–H groups in total. The van der Waals surface area contributed by atoms with Crippen molar-refractivity contribution in [3.8, 4) is 0 Å². The van der Waals surface area contributed by atoms with Crippen LogP contribution in [0.3, 0.4) is 0 Å². The van der Waals surface area contributed by atoms with E-state index >= 15 is 0 Å². The molecule has 2 aromatic rings. The highest BCUT2D eigenvalue weighted by Crippen LogP contribution is 2.33. The molecule has 4 heteroatoms. The van der Waals surface area contributed by atoms with E-state index in [0.29, 0.717) is 6.54 Å². The lowest BCUT2D eigenvalue weighted by Gasteiger charge is -2.26. The quantitative estimate of drug-likeness (QED) is 0.848. The van der Waals surface area contributed by atoms with Gasteiger partial charge in [0, 0.05) is 12.2 Å². The van der Waals surface area contributed by atoms with Crippen molar-refractivity contribution in [3.05, 3.63) is 65.0 Å². The summed E-state index contributed by atoms with van der Waals surface area (Å²) in [5.41, 5.74) is 3.91. The molecule has 1 saturated heterocycles. The maximum atomic E-state index is 13.5. The highest BCUT2D eigenvalue weighted by Gasteiger charge is 2.30. The standard InChI is InChI=1S/C19H21FN2O/c1-13-6-3-9-17(14(13)2)21-19(23)22-11-5-10-18(22)15-7-4-8-16(20)12-15/h3-4,6-9,12,18H,5,10-11H2,1-2H3,(H,21,23). The van der Waals surface area contributed by atoms with Gasteiger partial charge in [0.2, 0.25) is 0 Å². The van der Waals surface area contributed by atoms with Crippen molar-refractivity contribution in [1.82, 2.24) is 4.90 Å². The largest absolute Gasteiger partial charge is 0.322 e. The molecule has 1 aliphatic heterocycles. The predicted octanol–water partition coefficient (Wildman–Crippen LogP) is 4.81. The number of aryl methyl sites for hydroxylation is 1. The molecule has 1 atom stereocenters. The van der Waals surface area contributed by atoms with Crippen LogP contribution in [-0.4, -0.2) is 17.5 Å². The van der Waals surface area contributed by atoms with Crippen LogP contribution >= 0.6 is 0 Å². The van der Waals surface area contributed by atoms with E-state index in [0.717, 1.165) is 35.2 Å². The van der Waals surface area contributed by atoms with E-state index in [1.54, 1.807) is 11.0 Å². The highest BCUT2D eigenvalue weighted by molar-refractivity contribution is 5.90. The van der Waals surface area contributed by atoms with Crippen LogP contribution in [0.15, 0.2) is 42.5 Å². The Bertz CT molecular complexity index is 729. The van der Waals surface area contributed by atoms with E-state index in [-0.39, 0.29) is 17.9 Å². The number of amides is 2. The number of carbonyl (C=O) groups is 1. The summed E-state index contributed by atoms with van der Waals surface area (Å²) in [5.74, 6) is -0.260. The Labute approximate surface area is 136 Å². The average Bonchev–Trinajstić information content (AvgIpc) is 3.01. The zero-order valence-corrected chi connectivity index (χ0v) is 13.5. The van der Waals surface area contributed by atoms with Crippen LogP contribution in [0.2, 0.25) is 0 Å². The molecular formula is C19H21FN2O. The molecule has 120 valence electrons. The lowest BCUT2D eigenvalue weighted by molar-refractivity contribution is 0.207. The predicted molar refractivity (Wildman–Crippen MR) is 90.0 cm³/mol. The normalized spacial score (nSPS) is 17.3. The topological polar surface area (TPSA) is 32.3 Å². The Morgan fingerprint density at radius 2 is 2.00 bits per heavy atom. The van der Waals surface area contributed by atoms with Crippen LogP contribution in [-0.2, 0) is 0 Å². The Hall–Kier alpha value is -2.36. The van der Waals surface area contributed by atoms with Crippen molar-refractivity contribution in [2.24, 2.45) is 0 Å². The molecule has 3 nitrogen and oxygen atoms in total. The van der Waals surface area contributed by atoms with E-state index in [9.17, 15) is 9.18 Å². The zero-order valence-electron chi connectivity index (χ0n) is 13.5. The molecule has 1 unspecified atom stereocenters. The summed E-state index contributed by atoms with van der Waals surface area (Å²) >= 11 is 0. The second-order valence-electron chi connectivity index (χ2n) is 6.08. The summed E-state index contributed by atoms with van der Waals surface area (Å²) in [6.07, 6.45) is 1.80. The minimum Gasteiger partial charge on any atom is -0.317 e. The number of rotatable bonds is 2. The number of urea groups is 1. The van der Waals surface area contributed by atoms with Crippen LogP contribution in [0.5, 0.6) is 0 Å². The third-order valence-corrected chi connectivity index (χ3v) is 4.59. The third kappa shape index (κ3) is 3.21. The molecule has 1 heterocycles. The van der Waals surface area contributed by atoms with E-state index in [2.05, 4.69) is 5.32 Å². The van der Waals surface area contributed by atoms with Gasteiger partial charge in [0.05, 0.1) is 6.04 Å². The Morgan fingerprint density at radius 1 is 1.22 bits per heavy atom.